The third-order valence-corrected chi connectivity index (χ3v) is 6.50. The van der Waals surface area contributed by atoms with Gasteiger partial charge in [-0.05, 0) is 61.1 Å². The summed E-state index contributed by atoms with van der Waals surface area (Å²) in [7, 11) is 0. The number of rotatable bonds is 11. The van der Waals surface area contributed by atoms with Crippen LogP contribution in [0.5, 0.6) is 0 Å². The quantitative estimate of drug-likeness (QED) is 0.279. The Labute approximate surface area is 242 Å². The van der Waals surface area contributed by atoms with Gasteiger partial charge in [0.1, 0.15) is 0 Å². The van der Waals surface area contributed by atoms with Crippen LogP contribution >= 0.6 is 23.2 Å². The monoisotopic (exact) mass is 531 g/mol. The van der Waals surface area contributed by atoms with E-state index in [0.29, 0.717) is 11.9 Å². The summed E-state index contributed by atoms with van der Waals surface area (Å²) in [5.74, 6) is -1.38. The van der Waals surface area contributed by atoms with E-state index >= 15 is 0 Å². The van der Waals surface area contributed by atoms with Crippen LogP contribution in [-0.2, 0) is 4.79 Å². The summed E-state index contributed by atoms with van der Waals surface area (Å²) < 4.78 is 0. The van der Waals surface area contributed by atoms with Crippen molar-refractivity contribution in [1.82, 2.24) is 9.97 Å². The molecule has 4 rings (SSSR count). The normalized spacial score (nSPS) is 13.7. The molecule has 1 atom stereocenters. The molecular formula is C27H24Cl2N3NaO3. The number of allylic oxidation sites excluding steroid dienone is 1. The molecule has 1 aliphatic rings. The molecule has 36 heavy (non-hydrogen) atoms. The van der Waals surface area contributed by atoms with Gasteiger partial charge in [0, 0.05) is 42.9 Å². The molecule has 1 aliphatic carbocycles. The molecule has 9 heteroatoms. The Kier molecular flexibility index (Phi) is 10.5. The van der Waals surface area contributed by atoms with Crippen molar-refractivity contribution in [3.8, 4) is 0 Å². The van der Waals surface area contributed by atoms with Crippen molar-refractivity contribution < 1.29 is 44.3 Å². The van der Waals surface area contributed by atoms with E-state index in [9.17, 15) is 14.7 Å². The van der Waals surface area contributed by atoms with Crippen LogP contribution in [0.2, 0.25) is 10.0 Å². The second kappa shape index (κ2) is 13.4. The van der Waals surface area contributed by atoms with Gasteiger partial charge in [-0.2, -0.15) is 0 Å². The van der Waals surface area contributed by atoms with Crippen LogP contribution in [0.4, 0.5) is 11.6 Å². The molecule has 0 radical (unpaired) electrons. The Balaban J connectivity index is 0.00000361. The topological polar surface area (TPSA) is 86.2 Å². The van der Waals surface area contributed by atoms with Gasteiger partial charge in [0.25, 0.3) is 0 Å². The zero-order valence-electron chi connectivity index (χ0n) is 19.9. The Bertz CT molecular complexity index is 1200. The number of carbonyl (C=O) groups excluding carboxylic acids is 2. The average Bonchev–Trinajstić information content (AvgIpc) is 3.67. The number of hydrogen-bond donors (Lipinski definition) is 0. The van der Waals surface area contributed by atoms with Gasteiger partial charge in [0.2, 0.25) is 5.95 Å². The maximum Gasteiger partial charge on any atom is 1.00 e. The summed E-state index contributed by atoms with van der Waals surface area (Å²) >= 11 is 12.2. The Hall–Kier alpha value is -2.22. The largest absolute Gasteiger partial charge is 1.00 e. The van der Waals surface area contributed by atoms with E-state index in [1.807, 2.05) is 30.3 Å². The van der Waals surface area contributed by atoms with Crippen LogP contribution in [-0.4, -0.2) is 28.3 Å². The summed E-state index contributed by atoms with van der Waals surface area (Å²) in [5, 5.41) is 12.0. The number of benzene rings is 2. The minimum atomic E-state index is -1.29. The molecule has 3 aromatic rings. The molecule has 0 aliphatic heterocycles. The van der Waals surface area contributed by atoms with E-state index in [1.165, 1.54) is 12.8 Å². The van der Waals surface area contributed by atoms with Crippen LogP contribution in [0.3, 0.4) is 0 Å². The predicted octanol–water partition coefficient (Wildman–Crippen LogP) is 2.38. The van der Waals surface area contributed by atoms with Crippen LogP contribution < -0.4 is 39.6 Å². The fourth-order valence-corrected chi connectivity index (χ4v) is 4.39. The van der Waals surface area contributed by atoms with E-state index in [-0.39, 0.29) is 58.0 Å². The van der Waals surface area contributed by atoms with Gasteiger partial charge in [-0.3, -0.25) is 4.79 Å². The molecule has 1 aromatic heterocycles. The first-order valence-corrected chi connectivity index (χ1v) is 12.2. The van der Waals surface area contributed by atoms with Crippen LogP contribution in [0.1, 0.15) is 41.6 Å². The first-order valence-electron chi connectivity index (χ1n) is 11.4. The number of carboxylic acid groups (broad SMARTS) is 1. The number of hydrogen-bond acceptors (Lipinski definition) is 6. The molecule has 1 unspecified atom stereocenters. The number of halogens is 2. The van der Waals surface area contributed by atoms with Crippen LogP contribution in [0.25, 0.3) is 6.08 Å². The standard InChI is InChI=1S/C27H25Cl2N3O3.Na/c28-22-6-2-7-23(29)25(22)24(33)16-20(26(34)35)5-1-4-18-10-12-21(13-11-18)32(17-19-8-9-19)27-30-14-3-15-31-27;/h1-4,6-7,10-15,19-20H,5,8-9,16-17H2,(H,34,35);/q;+1/p-1/b4-1+;. The molecule has 0 N–H and O–H groups in total. The molecule has 6 nitrogen and oxygen atoms in total. The second-order valence-corrected chi connectivity index (χ2v) is 9.39. The molecule has 0 spiro atoms. The third-order valence-electron chi connectivity index (χ3n) is 5.87. The molecule has 0 amide bonds. The summed E-state index contributed by atoms with van der Waals surface area (Å²) in [4.78, 5) is 35.2. The van der Waals surface area contributed by atoms with Crippen molar-refractivity contribution >= 4 is 52.7 Å². The molecule has 1 heterocycles. The Morgan fingerprint density at radius 3 is 2.25 bits per heavy atom. The maximum absolute atomic E-state index is 12.6. The van der Waals surface area contributed by atoms with Gasteiger partial charge in [-0.25, -0.2) is 9.97 Å². The Morgan fingerprint density at radius 1 is 1.03 bits per heavy atom. The average molecular weight is 532 g/mol. The number of carbonyl (C=O) groups is 2. The number of carboxylic acids is 1. The summed E-state index contributed by atoms with van der Waals surface area (Å²) in [6.07, 6.45) is 9.36. The van der Waals surface area contributed by atoms with Crippen molar-refractivity contribution in [2.45, 2.75) is 25.7 Å². The summed E-state index contributed by atoms with van der Waals surface area (Å²) in [5.41, 5.74) is 2.04. The molecule has 1 fully saturated rings. The smallest absolute Gasteiger partial charge is 0.550 e. The van der Waals surface area contributed by atoms with E-state index in [0.717, 1.165) is 17.8 Å². The molecule has 0 saturated heterocycles. The van der Waals surface area contributed by atoms with E-state index in [1.54, 1.807) is 42.7 Å². The predicted molar refractivity (Wildman–Crippen MR) is 136 cm³/mol. The van der Waals surface area contributed by atoms with Gasteiger partial charge in [0.15, 0.2) is 5.78 Å². The van der Waals surface area contributed by atoms with Gasteiger partial charge < -0.3 is 14.8 Å². The van der Waals surface area contributed by atoms with Crippen molar-refractivity contribution in [2.75, 3.05) is 11.4 Å². The first kappa shape index (κ1) is 28.4. The minimum absolute atomic E-state index is 0. The van der Waals surface area contributed by atoms with Crippen LogP contribution in [0, 0.1) is 11.8 Å². The van der Waals surface area contributed by atoms with Gasteiger partial charge >= 0.3 is 29.6 Å². The van der Waals surface area contributed by atoms with E-state index < -0.39 is 17.7 Å². The first-order chi connectivity index (χ1) is 16.9. The summed E-state index contributed by atoms with van der Waals surface area (Å²) in [6, 6.07) is 14.4. The zero-order chi connectivity index (χ0) is 24.8. The van der Waals surface area contributed by atoms with E-state index in [4.69, 9.17) is 23.2 Å². The van der Waals surface area contributed by atoms with Crippen molar-refractivity contribution in [3.63, 3.8) is 0 Å². The SMILES string of the molecule is O=C(CC(C/C=C/c1ccc(N(CC2CC2)c2ncccn2)cc1)C(=O)[O-])c1c(Cl)cccc1Cl.[Na+]. The number of anilines is 2. The van der Waals surface area contributed by atoms with Gasteiger partial charge in [-0.1, -0.05) is 53.6 Å². The summed E-state index contributed by atoms with van der Waals surface area (Å²) in [6.45, 7) is 0.871. The molecule has 0 bridgehead atoms. The van der Waals surface area contributed by atoms with Crippen LogP contribution in [0.15, 0.2) is 67.0 Å². The number of aromatic nitrogens is 2. The maximum atomic E-state index is 12.6. The third kappa shape index (κ3) is 7.64. The molecule has 180 valence electrons. The minimum Gasteiger partial charge on any atom is -0.550 e. The molecule has 1 saturated carbocycles. The van der Waals surface area contributed by atoms with E-state index in [2.05, 4.69) is 14.9 Å². The van der Waals surface area contributed by atoms with Crippen molar-refractivity contribution in [2.24, 2.45) is 11.8 Å². The number of aliphatic carboxylic acids is 1. The second-order valence-electron chi connectivity index (χ2n) is 8.57. The van der Waals surface area contributed by atoms with Crippen molar-refractivity contribution in [1.29, 1.82) is 0 Å². The number of nitrogens with zero attached hydrogens (tertiary/aromatic N) is 3. The fourth-order valence-electron chi connectivity index (χ4n) is 3.78. The zero-order valence-corrected chi connectivity index (χ0v) is 23.5. The number of ketones is 1. The molecule has 2 aromatic carbocycles. The molecular weight excluding hydrogens is 508 g/mol. The number of Topliss-reactive ketones (excluding diaryl/α,β-unsaturated/α-hetero) is 1. The van der Waals surface area contributed by atoms with Crippen molar-refractivity contribution in [3.05, 3.63) is 88.2 Å². The fraction of sp³-hybridized carbons (Fsp3) is 0.259. The Morgan fingerprint density at radius 2 is 1.67 bits per heavy atom. The van der Waals surface area contributed by atoms with Gasteiger partial charge in [-0.15, -0.1) is 0 Å². The van der Waals surface area contributed by atoms with Gasteiger partial charge in [0.05, 0.1) is 15.6 Å².